The number of fused-ring (bicyclic) bond motifs is 1. The van der Waals surface area contributed by atoms with Crippen LogP contribution in [0.2, 0.25) is 0 Å². The molecule has 56 valence electrons. The van der Waals surface area contributed by atoms with Crippen LogP contribution in [0.4, 0.5) is 0 Å². The lowest BCUT2D eigenvalue weighted by atomic mass is 10.2. The van der Waals surface area contributed by atoms with Crippen LogP contribution in [-0.4, -0.2) is 14.9 Å². The van der Waals surface area contributed by atoms with Gasteiger partial charge in [-0.2, -0.15) is 0 Å². The van der Waals surface area contributed by atoms with Crippen LogP contribution < -0.4 is 0 Å². The van der Waals surface area contributed by atoms with E-state index in [0.717, 1.165) is 21.7 Å². The van der Waals surface area contributed by atoms with Crippen molar-refractivity contribution < 1.29 is 5.21 Å². The van der Waals surface area contributed by atoms with E-state index in [2.05, 4.69) is 4.98 Å². The molecule has 0 spiro atoms. The van der Waals surface area contributed by atoms with Gasteiger partial charge in [0, 0.05) is 17.5 Å². The van der Waals surface area contributed by atoms with Gasteiger partial charge in [-0.05, 0) is 19.1 Å². The van der Waals surface area contributed by atoms with E-state index in [1.807, 2.05) is 13.0 Å². The SMILES string of the molecule is Cc1cc2cn(O)ccc-2n1. The molecular weight excluding hydrogens is 140 g/mol. The Hall–Kier alpha value is -1.51. The second kappa shape index (κ2) is 1.99. The lowest BCUT2D eigenvalue weighted by molar-refractivity contribution is 0.185. The number of pyridine rings is 1. The lowest BCUT2D eigenvalue weighted by Crippen LogP contribution is -1.90. The summed E-state index contributed by atoms with van der Waals surface area (Å²) in [5, 5.41) is 9.03. The molecule has 0 fully saturated rings. The maximum Gasteiger partial charge on any atom is 0.0737 e. The standard InChI is InChI=1S/C8H8N2O/c1-6-4-7-5-10(11)3-2-8(7)9-6/h2-5,11H,1H3. The van der Waals surface area contributed by atoms with Gasteiger partial charge in [0.15, 0.2) is 0 Å². The molecule has 3 heteroatoms. The molecule has 0 bridgehead atoms. The topological polar surface area (TPSA) is 38.0 Å². The third-order valence-electron chi connectivity index (χ3n) is 1.61. The van der Waals surface area contributed by atoms with Gasteiger partial charge in [-0.1, -0.05) is 0 Å². The Morgan fingerprint density at radius 2 is 2.36 bits per heavy atom. The molecule has 0 aromatic heterocycles. The Labute approximate surface area is 64.2 Å². The molecule has 0 aliphatic carbocycles. The van der Waals surface area contributed by atoms with Crippen LogP contribution >= 0.6 is 0 Å². The molecule has 11 heavy (non-hydrogen) atoms. The summed E-state index contributed by atoms with van der Waals surface area (Å²) in [6.07, 6.45) is 3.20. The number of nitrogens with zero attached hydrogens (tertiary/aromatic N) is 2. The molecule has 0 atom stereocenters. The largest absolute Gasteiger partial charge is 0.429 e. The van der Waals surface area contributed by atoms with Crippen LogP contribution in [0.3, 0.4) is 0 Å². The molecule has 2 aliphatic heterocycles. The van der Waals surface area contributed by atoms with Crippen molar-refractivity contribution in [3.63, 3.8) is 0 Å². The highest BCUT2D eigenvalue weighted by Crippen LogP contribution is 2.20. The Balaban J connectivity index is 2.73. The van der Waals surface area contributed by atoms with Crippen LogP contribution in [0.25, 0.3) is 11.3 Å². The number of hydrogen-bond donors (Lipinski definition) is 1. The van der Waals surface area contributed by atoms with Gasteiger partial charge < -0.3 is 5.21 Å². The molecule has 0 radical (unpaired) electrons. The highest BCUT2D eigenvalue weighted by Gasteiger charge is 2.04. The number of hydrogen-bond acceptors (Lipinski definition) is 2. The summed E-state index contributed by atoms with van der Waals surface area (Å²) in [4.78, 5) is 4.23. The molecule has 2 heterocycles. The minimum absolute atomic E-state index is 0.924. The van der Waals surface area contributed by atoms with E-state index in [-0.39, 0.29) is 0 Å². The first-order chi connectivity index (χ1) is 5.25. The zero-order valence-corrected chi connectivity index (χ0v) is 6.15. The third-order valence-corrected chi connectivity index (χ3v) is 1.61. The maximum absolute atomic E-state index is 9.03. The van der Waals surface area contributed by atoms with E-state index in [1.165, 1.54) is 0 Å². The maximum atomic E-state index is 9.03. The zero-order chi connectivity index (χ0) is 7.84. The van der Waals surface area contributed by atoms with E-state index in [4.69, 9.17) is 5.21 Å². The van der Waals surface area contributed by atoms with Gasteiger partial charge in [0.05, 0.1) is 11.9 Å². The Morgan fingerprint density at radius 1 is 1.55 bits per heavy atom. The van der Waals surface area contributed by atoms with E-state index < -0.39 is 0 Å². The summed E-state index contributed by atoms with van der Waals surface area (Å²) in [6, 6.07) is 3.71. The van der Waals surface area contributed by atoms with E-state index in [1.54, 1.807) is 18.5 Å². The zero-order valence-electron chi connectivity index (χ0n) is 6.15. The average molecular weight is 148 g/mol. The summed E-state index contributed by atoms with van der Waals surface area (Å²) in [6.45, 7) is 1.93. The van der Waals surface area contributed by atoms with Crippen molar-refractivity contribution in [2.45, 2.75) is 6.92 Å². The molecule has 0 saturated heterocycles. The Bertz CT molecular complexity index is 353. The van der Waals surface area contributed by atoms with E-state index in [9.17, 15) is 0 Å². The summed E-state index contributed by atoms with van der Waals surface area (Å²) in [7, 11) is 0. The number of aryl methyl sites for hydroxylation is 1. The van der Waals surface area contributed by atoms with Gasteiger partial charge in [-0.15, -0.1) is 0 Å². The fraction of sp³-hybridized carbons (Fsp3) is 0.125. The molecule has 3 nitrogen and oxygen atoms in total. The van der Waals surface area contributed by atoms with Crippen molar-refractivity contribution in [3.05, 3.63) is 30.2 Å². The molecule has 0 aromatic carbocycles. The van der Waals surface area contributed by atoms with Gasteiger partial charge >= 0.3 is 0 Å². The summed E-state index contributed by atoms with van der Waals surface area (Å²) in [5.41, 5.74) is 2.87. The van der Waals surface area contributed by atoms with Crippen LogP contribution in [0.5, 0.6) is 0 Å². The third kappa shape index (κ3) is 0.941. The average Bonchev–Trinajstić information content (AvgIpc) is 2.27. The van der Waals surface area contributed by atoms with Crippen LogP contribution in [-0.2, 0) is 0 Å². The van der Waals surface area contributed by atoms with Gasteiger partial charge in [-0.3, -0.25) is 4.98 Å². The van der Waals surface area contributed by atoms with Crippen molar-refractivity contribution in [3.8, 4) is 11.3 Å². The van der Waals surface area contributed by atoms with Crippen molar-refractivity contribution in [2.24, 2.45) is 0 Å². The van der Waals surface area contributed by atoms with E-state index in [0.29, 0.717) is 0 Å². The van der Waals surface area contributed by atoms with Crippen LogP contribution in [0.1, 0.15) is 5.69 Å². The highest BCUT2D eigenvalue weighted by molar-refractivity contribution is 5.60. The number of aromatic nitrogens is 2. The molecule has 0 aromatic rings. The summed E-state index contributed by atoms with van der Waals surface area (Å²) < 4.78 is 1.03. The van der Waals surface area contributed by atoms with E-state index >= 15 is 0 Å². The quantitative estimate of drug-likeness (QED) is 0.575. The van der Waals surface area contributed by atoms with Gasteiger partial charge in [-0.25, -0.2) is 4.73 Å². The predicted octanol–water partition coefficient (Wildman–Crippen LogP) is 1.53. The predicted molar refractivity (Wildman–Crippen MR) is 40.8 cm³/mol. The molecule has 2 aliphatic rings. The van der Waals surface area contributed by atoms with Gasteiger partial charge in [0.2, 0.25) is 0 Å². The first-order valence-electron chi connectivity index (χ1n) is 3.40. The monoisotopic (exact) mass is 148 g/mol. The highest BCUT2D eigenvalue weighted by atomic mass is 16.5. The molecule has 0 unspecified atom stereocenters. The minimum Gasteiger partial charge on any atom is -0.429 e. The second-order valence-electron chi connectivity index (χ2n) is 2.56. The molecule has 0 saturated carbocycles. The Morgan fingerprint density at radius 3 is 3.18 bits per heavy atom. The summed E-state index contributed by atoms with van der Waals surface area (Å²) in [5.74, 6) is 0. The van der Waals surface area contributed by atoms with Crippen LogP contribution in [0, 0.1) is 6.92 Å². The lowest BCUT2D eigenvalue weighted by Gasteiger charge is -1.98. The molecule has 0 amide bonds. The smallest absolute Gasteiger partial charge is 0.0737 e. The second-order valence-corrected chi connectivity index (χ2v) is 2.56. The first kappa shape index (κ1) is 6.22. The fourth-order valence-corrected chi connectivity index (χ4v) is 1.16. The van der Waals surface area contributed by atoms with Crippen molar-refractivity contribution >= 4 is 0 Å². The summed E-state index contributed by atoms with van der Waals surface area (Å²) >= 11 is 0. The van der Waals surface area contributed by atoms with Crippen molar-refractivity contribution in [1.82, 2.24) is 9.71 Å². The molecule has 2 rings (SSSR count). The van der Waals surface area contributed by atoms with Crippen molar-refractivity contribution in [1.29, 1.82) is 0 Å². The number of rotatable bonds is 0. The molecular formula is C8H8N2O. The van der Waals surface area contributed by atoms with Gasteiger partial charge in [0.25, 0.3) is 0 Å². The first-order valence-corrected chi connectivity index (χ1v) is 3.40. The Kier molecular flexibility index (Phi) is 1.12. The molecule has 1 N–H and O–H groups in total. The minimum atomic E-state index is 0.924. The normalized spacial score (nSPS) is 10.6. The van der Waals surface area contributed by atoms with Crippen LogP contribution in [0.15, 0.2) is 24.5 Å². The fourth-order valence-electron chi connectivity index (χ4n) is 1.16. The van der Waals surface area contributed by atoms with Gasteiger partial charge in [0.1, 0.15) is 0 Å². The van der Waals surface area contributed by atoms with Crippen molar-refractivity contribution in [2.75, 3.05) is 0 Å².